The zero-order chi connectivity index (χ0) is 18.5. The Morgan fingerprint density at radius 2 is 1.56 bits per heavy atom. The quantitative estimate of drug-likeness (QED) is 0.231. The van der Waals surface area contributed by atoms with Crippen molar-refractivity contribution in [3.05, 3.63) is 35.9 Å². The van der Waals surface area contributed by atoms with Gasteiger partial charge in [-0.3, -0.25) is 0 Å². The molecular weight excluding hydrogens is 328 g/mol. The molecule has 1 rings (SSSR count). The number of methoxy groups -OCH3 is 2. The number of ether oxygens (including phenoxy) is 2. The van der Waals surface area contributed by atoms with Crippen molar-refractivity contribution in [3.8, 4) is 0 Å². The fourth-order valence-corrected chi connectivity index (χ4v) is 3.90. The Balaban J connectivity index is 2.86. The van der Waals surface area contributed by atoms with Gasteiger partial charge in [0.15, 0.2) is 5.79 Å². The molecule has 0 radical (unpaired) electrons. The van der Waals surface area contributed by atoms with Crippen molar-refractivity contribution in [2.24, 2.45) is 11.8 Å². The average Bonchev–Trinajstić information content (AvgIpc) is 2.66. The minimum atomic E-state index is -0.665. The van der Waals surface area contributed by atoms with E-state index in [-0.39, 0.29) is 0 Å². The van der Waals surface area contributed by atoms with E-state index in [1.165, 1.54) is 38.5 Å². The summed E-state index contributed by atoms with van der Waals surface area (Å²) in [4.78, 5) is 0. The number of thiol groups is 1. The number of rotatable bonds is 14. The van der Waals surface area contributed by atoms with Crippen LogP contribution in [0.4, 0.5) is 0 Å². The van der Waals surface area contributed by atoms with Crippen LogP contribution in [0.15, 0.2) is 30.3 Å². The lowest BCUT2D eigenvalue weighted by molar-refractivity contribution is -0.254. The Hall–Kier alpha value is -0.510. The van der Waals surface area contributed by atoms with Crippen LogP contribution in [0.1, 0.15) is 70.8 Å². The standard InChI is InChI=1S/C22H38O2S/c1-5-6-7-8-9-11-16-21(17-19(2)18-25)22(23-3,24-4)20-14-12-10-13-15-20/h10,12-15,19,21,25H,5-9,11,16-18H2,1-4H3. The van der Waals surface area contributed by atoms with E-state index in [1.807, 2.05) is 6.07 Å². The topological polar surface area (TPSA) is 18.5 Å². The molecule has 0 amide bonds. The predicted molar refractivity (Wildman–Crippen MR) is 111 cm³/mol. The lowest BCUT2D eigenvalue weighted by atomic mass is 9.81. The monoisotopic (exact) mass is 366 g/mol. The molecule has 0 heterocycles. The van der Waals surface area contributed by atoms with Gasteiger partial charge in [-0.05, 0) is 24.5 Å². The third-order valence-corrected chi connectivity index (χ3v) is 5.85. The third-order valence-electron chi connectivity index (χ3n) is 5.22. The van der Waals surface area contributed by atoms with E-state index in [4.69, 9.17) is 9.47 Å². The molecule has 1 aromatic carbocycles. The molecule has 25 heavy (non-hydrogen) atoms. The summed E-state index contributed by atoms with van der Waals surface area (Å²) in [6.45, 7) is 4.53. The van der Waals surface area contributed by atoms with Gasteiger partial charge in [0, 0.05) is 25.7 Å². The normalized spacial score (nSPS) is 14.4. The second-order valence-corrected chi connectivity index (χ2v) is 7.58. The first-order valence-corrected chi connectivity index (χ1v) is 10.5. The average molecular weight is 367 g/mol. The lowest BCUT2D eigenvalue weighted by Gasteiger charge is -2.40. The van der Waals surface area contributed by atoms with Crippen LogP contribution in [0.25, 0.3) is 0 Å². The molecule has 2 nitrogen and oxygen atoms in total. The lowest BCUT2D eigenvalue weighted by Crippen LogP contribution is -2.40. The van der Waals surface area contributed by atoms with Gasteiger partial charge in [0.05, 0.1) is 0 Å². The summed E-state index contributed by atoms with van der Waals surface area (Å²) in [5.74, 6) is 1.10. The van der Waals surface area contributed by atoms with Gasteiger partial charge >= 0.3 is 0 Å². The van der Waals surface area contributed by atoms with E-state index >= 15 is 0 Å². The highest BCUT2D eigenvalue weighted by molar-refractivity contribution is 7.80. The highest BCUT2D eigenvalue weighted by Crippen LogP contribution is 2.41. The van der Waals surface area contributed by atoms with Gasteiger partial charge in [0.2, 0.25) is 0 Å². The van der Waals surface area contributed by atoms with Crippen molar-refractivity contribution < 1.29 is 9.47 Å². The van der Waals surface area contributed by atoms with Crippen LogP contribution >= 0.6 is 12.6 Å². The van der Waals surface area contributed by atoms with E-state index in [9.17, 15) is 0 Å². The van der Waals surface area contributed by atoms with Gasteiger partial charge in [-0.1, -0.05) is 82.7 Å². The summed E-state index contributed by atoms with van der Waals surface area (Å²) in [6, 6.07) is 10.4. The zero-order valence-corrected chi connectivity index (χ0v) is 17.6. The Morgan fingerprint density at radius 3 is 2.12 bits per heavy atom. The maximum Gasteiger partial charge on any atom is 0.197 e. The molecule has 1 aromatic rings. The van der Waals surface area contributed by atoms with Crippen LogP contribution in [0.5, 0.6) is 0 Å². The summed E-state index contributed by atoms with van der Waals surface area (Å²) in [6.07, 6.45) is 10.1. The molecular formula is C22H38O2S. The second kappa shape index (κ2) is 12.8. The molecule has 0 N–H and O–H groups in total. The van der Waals surface area contributed by atoms with E-state index in [0.29, 0.717) is 11.8 Å². The smallest absolute Gasteiger partial charge is 0.197 e. The number of hydrogen-bond acceptors (Lipinski definition) is 3. The van der Waals surface area contributed by atoms with Gasteiger partial charge in [0.1, 0.15) is 0 Å². The Kier molecular flexibility index (Phi) is 11.5. The molecule has 0 spiro atoms. The van der Waals surface area contributed by atoms with E-state index in [2.05, 4.69) is 50.7 Å². The summed E-state index contributed by atoms with van der Waals surface area (Å²) in [5.41, 5.74) is 1.11. The SMILES string of the molecule is CCCCCCCCC(CC(C)CS)C(OC)(OC)c1ccccc1. The Bertz CT molecular complexity index is 431. The van der Waals surface area contributed by atoms with Gasteiger partial charge in [-0.2, -0.15) is 12.6 Å². The minimum Gasteiger partial charge on any atom is -0.349 e. The van der Waals surface area contributed by atoms with Crippen molar-refractivity contribution in [2.45, 2.75) is 71.0 Å². The van der Waals surface area contributed by atoms with Crippen LogP contribution in [0.2, 0.25) is 0 Å². The van der Waals surface area contributed by atoms with Crippen molar-refractivity contribution in [1.82, 2.24) is 0 Å². The number of benzene rings is 1. The largest absolute Gasteiger partial charge is 0.349 e. The summed E-state index contributed by atoms with van der Waals surface area (Å²) in [5, 5.41) is 0. The zero-order valence-electron chi connectivity index (χ0n) is 16.7. The highest BCUT2D eigenvalue weighted by Gasteiger charge is 2.41. The van der Waals surface area contributed by atoms with Gasteiger partial charge in [0.25, 0.3) is 0 Å². The minimum absolute atomic E-state index is 0.332. The van der Waals surface area contributed by atoms with E-state index in [1.54, 1.807) is 14.2 Å². The molecule has 2 atom stereocenters. The molecule has 2 unspecified atom stereocenters. The van der Waals surface area contributed by atoms with Crippen LogP contribution in [0.3, 0.4) is 0 Å². The first-order valence-electron chi connectivity index (χ1n) is 9.91. The summed E-state index contributed by atoms with van der Waals surface area (Å²) >= 11 is 4.50. The van der Waals surface area contributed by atoms with Crippen molar-refractivity contribution >= 4 is 12.6 Å². The molecule has 0 saturated carbocycles. The second-order valence-electron chi connectivity index (χ2n) is 7.22. The highest BCUT2D eigenvalue weighted by atomic mass is 32.1. The summed E-state index contributed by atoms with van der Waals surface area (Å²) < 4.78 is 12.1. The van der Waals surface area contributed by atoms with Crippen molar-refractivity contribution in [2.75, 3.05) is 20.0 Å². The number of unbranched alkanes of at least 4 members (excludes halogenated alkanes) is 5. The molecule has 0 fully saturated rings. The molecule has 0 bridgehead atoms. The Labute approximate surface area is 161 Å². The van der Waals surface area contributed by atoms with Crippen molar-refractivity contribution in [1.29, 1.82) is 0 Å². The van der Waals surface area contributed by atoms with Crippen LogP contribution in [-0.2, 0) is 15.3 Å². The Morgan fingerprint density at radius 1 is 0.960 bits per heavy atom. The van der Waals surface area contributed by atoms with Gasteiger partial charge < -0.3 is 9.47 Å². The molecule has 0 aliphatic rings. The predicted octanol–water partition coefficient (Wildman–Crippen LogP) is 6.46. The molecule has 0 aliphatic heterocycles. The molecule has 0 aromatic heterocycles. The third kappa shape index (κ3) is 6.96. The van der Waals surface area contributed by atoms with Crippen LogP contribution in [-0.4, -0.2) is 20.0 Å². The first-order chi connectivity index (χ1) is 12.1. The van der Waals surface area contributed by atoms with E-state index < -0.39 is 5.79 Å². The molecule has 3 heteroatoms. The fourth-order valence-electron chi connectivity index (χ4n) is 3.75. The fraction of sp³-hybridized carbons (Fsp3) is 0.727. The van der Waals surface area contributed by atoms with Crippen LogP contribution in [0, 0.1) is 11.8 Å². The van der Waals surface area contributed by atoms with Gasteiger partial charge in [-0.15, -0.1) is 0 Å². The van der Waals surface area contributed by atoms with Crippen molar-refractivity contribution in [3.63, 3.8) is 0 Å². The number of hydrogen-bond donors (Lipinski definition) is 1. The van der Waals surface area contributed by atoms with Gasteiger partial charge in [-0.25, -0.2) is 0 Å². The maximum absolute atomic E-state index is 6.03. The first kappa shape index (κ1) is 22.5. The maximum atomic E-state index is 6.03. The van der Waals surface area contributed by atoms with E-state index in [0.717, 1.165) is 24.2 Å². The molecule has 0 aliphatic carbocycles. The van der Waals surface area contributed by atoms with Crippen LogP contribution < -0.4 is 0 Å². The summed E-state index contributed by atoms with van der Waals surface area (Å²) in [7, 11) is 3.55. The molecule has 144 valence electrons. The molecule has 0 saturated heterocycles.